The predicted molar refractivity (Wildman–Crippen MR) is 96.1 cm³/mol. The summed E-state index contributed by atoms with van der Waals surface area (Å²) in [6.45, 7) is 2.90. The first-order chi connectivity index (χ1) is 11.8. The summed E-state index contributed by atoms with van der Waals surface area (Å²) in [5, 5.41) is 19.2. The fraction of sp³-hybridized carbons (Fsp3) is 0.143. The van der Waals surface area contributed by atoms with Crippen molar-refractivity contribution < 1.29 is 0 Å². The lowest BCUT2D eigenvalue weighted by Gasteiger charge is -2.08. The van der Waals surface area contributed by atoms with Crippen LogP contribution in [-0.2, 0) is 13.0 Å². The molecule has 0 amide bonds. The Kier molecular flexibility index (Phi) is 4.45. The standard InChI is InChI=1S/C21H17N3/c1-2-18-9-6-10-20-19(11-17(12-22)13-23)15-24(21(18)20)14-16-7-4-3-5-8-16/h3-11,15H,2,14H2,1H3. The average molecular weight is 311 g/mol. The van der Waals surface area contributed by atoms with E-state index in [2.05, 4.69) is 29.7 Å². The second-order valence-corrected chi connectivity index (χ2v) is 5.65. The van der Waals surface area contributed by atoms with Crippen molar-refractivity contribution >= 4 is 17.0 Å². The molecular weight excluding hydrogens is 294 g/mol. The predicted octanol–water partition coefficient (Wildman–Crippen LogP) is 4.68. The molecule has 0 bridgehead atoms. The van der Waals surface area contributed by atoms with Crippen LogP contribution in [0.5, 0.6) is 0 Å². The normalized spacial score (nSPS) is 10.1. The lowest BCUT2D eigenvalue weighted by molar-refractivity contribution is 0.830. The summed E-state index contributed by atoms with van der Waals surface area (Å²) in [6, 6.07) is 20.4. The van der Waals surface area contributed by atoms with E-state index < -0.39 is 0 Å². The molecule has 0 saturated carbocycles. The second-order valence-electron chi connectivity index (χ2n) is 5.65. The van der Waals surface area contributed by atoms with Gasteiger partial charge in [0.25, 0.3) is 0 Å². The van der Waals surface area contributed by atoms with Crippen molar-refractivity contribution in [3.63, 3.8) is 0 Å². The van der Waals surface area contributed by atoms with E-state index in [0.29, 0.717) is 0 Å². The Bertz CT molecular complexity index is 964. The molecule has 3 nitrogen and oxygen atoms in total. The van der Waals surface area contributed by atoms with Crippen molar-refractivity contribution in [2.45, 2.75) is 19.9 Å². The van der Waals surface area contributed by atoms with E-state index in [1.807, 2.05) is 48.7 Å². The topological polar surface area (TPSA) is 52.5 Å². The zero-order valence-electron chi connectivity index (χ0n) is 13.5. The first-order valence-corrected chi connectivity index (χ1v) is 7.93. The van der Waals surface area contributed by atoms with E-state index in [0.717, 1.165) is 23.9 Å². The van der Waals surface area contributed by atoms with Gasteiger partial charge in [0, 0.05) is 23.7 Å². The van der Waals surface area contributed by atoms with Gasteiger partial charge in [0.2, 0.25) is 0 Å². The van der Waals surface area contributed by atoms with Crippen LogP contribution in [0.15, 0.2) is 60.3 Å². The van der Waals surface area contributed by atoms with Gasteiger partial charge in [0.15, 0.2) is 0 Å². The third kappa shape index (κ3) is 2.93. The molecule has 1 aromatic heterocycles. The molecule has 0 aliphatic heterocycles. The van der Waals surface area contributed by atoms with E-state index in [1.54, 1.807) is 6.08 Å². The van der Waals surface area contributed by atoms with Crippen molar-refractivity contribution in [3.8, 4) is 12.1 Å². The average Bonchev–Trinajstić information content (AvgIpc) is 2.98. The number of allylic oxidation sites excluding steroid dienone is 1. The number of aromatic nitrogens is 1. The van der Waals surface area contributed by atoms with Crippen LogP contribution in [0, 0.1) is 22.7 Å². The molecule has 0 fully saturated rings. The molecule has 24 heavy (non-hydrogen) atoms. The van der Waals surface area contributed by atoms with Gasteiger partial charge < -0.3 is 4.57 Å². The van der Waals surface area contributed by atoms with Crippen molar-refractivity contribution in [2.24, 2.45) is 0 Å². The molecule has 0 unspecified atom stereocenters. The molecule has 3 heteroatoms. The van der Waals surface area contributed by atoms with Gasteiger partial charge in [0.05, 0.1) is 5.52 Å². The SMILES string of the molecule is CCc1cccc2c(C=C(C#N)C#N)cn(Cc3ccccc3)c12. The largest absolute Gasteiger partial charge is 0.342 e. The lowest BCUT2D eigenvalue weighted by atomic mass is 10.1. The lowest BCUT2D eigenvalue weighted by Crippen LogP contribution is -1.99. The first-order valence-electron chi connectivity index (χ1n) is 7.93. The second kappa shape index (κ2) is 6.86. The highest BCUT2D eigenvalue weighted by molar-refractivity contribution is 5.92. The van der Waals surface area contributed by atoms with E-state index >= 15 is 0 Å². The molecule has 0 atom stereocenters. The fourth-order valence-corrected chi connectivity index (χ4v) is 3.02. The molecule has 0 spiro atoms. The van der Waals surface area contributed by atoms with Crippen LogP contribution in [-0.4, -0.2) is 4.57 Å². The summed E-state index contributed by atoms with van der Waals surface area (Å²) in [5.41, 5.74) is 4.69. The van der Waals surface area contributed by atoms with Crippen molar-refractivity contribution in [1.29, 1.82) is 10.5 Å². The highest BCUT2D eigenvalue weighted by atomic mass is 15.0. The maximum atomic E-state index is 9.05. The van der Waals surface area contributed by atoms with Crippen LogP contribution in [0.4, 0.5) is 0 Å². The summed E-state index contributed by atoms with van der Waals surface area (Å²) < 4.78 is 2.21. The number of para-hydroxylation sites is 1. The maximum absolute atomic E-state index is 9.05. The van der Waals surface area contributed by atoms with E-state index in [4.69, 9.17) is 10.5 Å². The van der Waals surface area contributed by atoms with Crippen molar-refractivity contribution in [1.82, 2.24) is 4.57 Å². The van der Waals surface area contributed by atoms with Crippen LogP contribution in [0.1, 0.15) is 23.6 Å². The Morgan fingerprint density at radius 3 is 2.46 bits per heavy atom. The van der Waals surface area contributed by atoms with Crippen LogP contribution in [0.3, 0.4) is 0 Å². The minimum absolute atomic E-state index is 0.121. The van der Waals surface area contributed by atoms with Crippen LogP contribution < -0.4 is 0 Å². The molecule has 3 aromatic rings. The number of rotatable bonds is 4. The number of hydrogen-bond acceptors (Lipinski definition) is 2. The van der Waals surface area contributed by atoms with Crippen molar-refractivity contribution in [3.05, 3.63) is 77.0 Å². The fourth-order valence-electron chi connectivity index (χ4n) is 3.02. The molecule has 2 aromatic carbocycles. The summed E-state index contributed by atoms with van der Waals surface area (Å²) in [5.74, 6) is 0. The maximum Gasteiger partial charge on any atom is 0.130 e. The number of nitriles is 2. The number of fused-ring (bicyclic) bond motifs is 1. The van der Waals surface area contributed by atoms with Gasteiger partial charge >= 0.3 is 0 Å². The van der Waals surface area contributed by atoms with Gasteiger partial charge in [-0.1, -0.05) is 55.5 Å². The van der Waals surface area contributed by atoms with E-state index in [9.17, 15) is 0 Å². The number of nitrogens with zero attached hydrogens (tertiary/aromatic N) is 3. The Morgan fingerprint density at radius 2 is 1.79 bits per heavy atom. The first kappa shape index (κ1) is 15.6. The quantitative estimate of drug-likeness (QED) is 0.657. The molecule has 0 aliphatic carbocycles. The minimum Gasteiger partial charge on any atom is -0.342 e. The molecule has 116 valence electrons. The van der Waals surface area contributed by atoms with Gasteiger partial charge in [-0.25, -0.2) is 0 Å². The third-order valence-electron chi connectivity index (χ3n) is 4.13. The van der Waals surface area contributed by atoms with Gasteiger partial charge in [-0.3, -0.25) is 0 Å². The van der Waals surface area contributed by atoms with Crippen LogP contribution in [0.2, 0.25) is 0 Å². The zero-order valence-corrected chi connectivity index (χ0v) is 13.5. The Morgan fingerprint density at radius 1 is 1.04 bits per heavy atom. The Balaban J connectivity index is 2.20. The molecule has 0 radical (unpaired) electrons. The summed E-state index contributed by atoms with van der Waals surface area (Å²) in [4.78, 5) is 0. The molecule has 1 heterocycles. The summed E-state index contributed by atoms with van der Waals surface area (Å²) >= 11 is 0. The van der Waals surface area contributed by atoms with E-state index in [-0.39, 0.29) is 5.57 Å². The van der Waals surface area contributed by atoms with Gasteiger partial charge in [-0.2, -0.15) is 10.5 Å². The van der Waals surface area contributed by atoms with Gasteiger partial charge in [-0.15, -0.1) is 0 Å². The number of aryl methyl sites for hydroxylation is 1. The monoisotopic (exact) mass is 311 g/mol. The van der Waals surface area contributed by atoms with E-state index in [1.165, 1.54) is 16.6 Å². The summed E-state index contributed by atoms with van der Waals surface area (Å²) in [6.07, 6.45) is 4.64. The zero-order chi connectivity index (χ0) is 16.9. The Hall–Kier alpha value is -3.30. The Labute approximate surface area is 141 Å². The molecular formula is C21H17N3. The highest BCUT2D eigenvalue weighted by Gasteiger charge is 2.11. The number of hydrogen-bond donors (Lipinski definition) is 0. The third-order valence-corrected chi connectivity index (χ3v) is 4.13. The van der Waals surface area contributed by atoms with Crippen LogP contribution in [0.25, 0.3) is 17.0 Å². The smallest absolute Gasteiger partial charge is 0.130 e. The minimum atomic E-state index is 0.121. The highest BCUT2D eigenvalue weighted by Crippen LogP contribution is 2.28. The molecule has 0 N–H and O–H groups in total. The van der Waals surface area contributed by atoms with Gasteiger partial charge in [0.1, 0.15) is 17.7 Å². The molecule has 0 aliphatic rings. The van der Waals surface area contributed by atoms with Gasteiger partial charge in [-0.05, 0) is 23.6 Å². The van der Waals surface area contributed by atoms with Crippen LogP contribution >= 0.6 is 0 Å². The molecule has 3 rings (SSSR count). The molecule has 0 saturated heterocycles. The van der Waals surface area contributed by atoms with Crippen molar-refractivity contribution in [2.75, 3.05) is 0 Å². The number of benzene rings is 2. The summed E-state index contributed by atoms with van der Waals surface area (Å²) in [7, 11) is 0.